The first-order valence-corrected chi connectivity index (χ1v) is 9.71. The Morgan fingerprint density at radius 3 is 1.45 bits per heavy atom. The lowest BCUT2D eigenvalue weighted by Crippen LogP contribution is -2.25. The summed E-state index contributed by atoms with van der Waals surface area (Å²) in [4.78, 5) is 20.5. The van der Waals surface area contributed by atoms with Crippen molar-refractivity contribution in [2.24, 2.45) is 0 Å². The fourth-order valence-electron chi connectivity index (χ4n) is 2.10. The van der Waals surface area contributed by atoms with E-state index in [9.17, 15) is 14.7 Å². The highest BCUT2D eigenvalue weighted by Crippen LogP contribution is 2.24. The third-order valence-electron chi connectivity index (χ3n) is 3.91. The molecule has 0 atom stereocenters. The Morgan fingerprint density at radius 2 is 1.17 bits per heavy atom. The number of aliphatic hydroxyl groups is 1. The second kappa shape index (κ2) is 12.7. The summed E-state index contributed by atoms with van der Waals surface area (Å²) in [5.74, 6) is -0.913. The van der Waals surface area contributed by atoms with Crippen molar-refractivity contribution < 1.29 is 24.5 Å². The van der Waals surface area contributed by atoms with Crippen molar-refractivity contribution in [3.63, 3.8) is 0 Å². The number of aliphatic carboxylic acids is 1. The molecule has 2 N–H and O–H groups in total. The van der Waals surface area contributed by atoms with Gasteiger partial charge in [0.2, 0.25) is 0 Å². The van der Waals surface area contributed by atoms with Gasteiger partial charge in [0, 0.05) is 12.8 Å². The topological polar surface area (TPSA) is 83.8 Å². The molecule has 0 fully saturated rings. The van der Waals surface area contributed by atoms with Crippen LogP contribution in [0.4, 0.5) is 0 Å². The summed E-state index contributed by atoms with van der Waals surface area (Å²) < 4.78 is 5.33. The van der Waals surface area contributed by atoms with Crippen LogP contribution in [0.2, 0.25) is 0 Å². The van der Waals surface area contributed by atoms with Crippen LogP contribution in [0.3, 0.4) is 0 Å². The second-order valence-electron chi connectivity index (χ2n) is 7.38. The van der Waals surface area contributed by atoms with E-state index in [1.54, 1.807) is 27.7 Å². The Hall–Kier alpha value is -2.66. The van der Waals surface area contributed by atoms with Gasteiger partial charge in [-0.3, -0.25) is 9.59 Å². The van der Waals surface area contributed by atoms with E-state index in [4.69, 9.17) is 9.84 Å². The Balaban J connectivity index is 0.000000455. The quantitative estimate of drug-likeness (QED) is 0.666. The molecule has 29 heavy (non-hydrogen) atoms. The monoisotopic (exact) mass is 402 g/mol. The molecule has 2 aromatic rings. The van der Waals surface area contributed by atoms with Crippen molar-refractivity contribution in [2.75, 3.05) is 0 Å². The van der Waals surface area contributed by atoms with Gasteiger partial charge in [0.25, 0.3) is 0 Å². The molecular weight excluding hydrogens is 368 g/mol. The first-order valence-electron chi connectivity index (χ1n) is 9.71. The number of carbonyl (C=O) groups is 2. The summed E-state index contributed by atoms with van der Waals surface area (Å²) >= 11 is 0. The van der Waals surface area contributed by atoms with Crippen molar-refractivity contribution in [3.05, 3.63) is 71.8 Å². The molecular formula is C24H34O5. The van der Waals surface area contributed by atoms with Crippen LogP contribution in [0.1, 0.15) is 65.5 Å². The van der Waals surface area contributed by atoms with E-state index in [1.165, 1.54) is 0 Å². The number of carboxylic acid groups (broad SMARTS) is 1. The minimum Gasteiger partial charge on any atom is -0.481 e. The van der Waals surface area contributed by atoms with Gasteiger partial charge in [-0.05, 0) is 38.8 Å². The first kappa shape index (κ1) is 26.3. The minimum absolute atomic E-state index is 0.168. The van der Waals surface area contributed by atoms with Gasteiger partial charge in [0.05, 0.1) is 5.60 Å². The Labute approximate surface area is 174 Å². The zero-order valence-corrected chi connectivity index (χ0v) is 18.3. The molecule has 2 aromatic carbocycles. The molecule has 0 spiro atoms. The Kier molecular flexibility index (Phi) is 11.6. The van der Waals surface area contributed by atoms with Gasteiger partial charge in [-0.1, -0.05) is 74.5 Å². The molecule has 5 heteroatoms. The predicted octanol–water partition coefficient (Wildman–Crippen LogP) is 5.27. The average molecular weight is 403 g/mol. The van der Waals surface area contributed by atoms with Crippen LogP contribution in [0, 0.1) is 0 Å². The standard InChI is InChI=1S/C12H16O2.C9H12O.C3H6O2/c1-4-11(13)14-12(2,3)10-8-6-5-7-9-10;1-9(2,10)8-6-4-3-5-7-8;1-2-3(4)5/h5-9H,4H2,1-3H3;3-7,10H,1-2H3;2H2,1H3,(H,4,5). The summed E-state index contributed by atoms with van der Waals surface area (Å²) in [7, 11) is 0. The Bertz CT molecular complexity index is 716. The number of ether oxygens (including phenoxy) is 1. The van der Waals surface area contributed by atoms with Gasteiger partial charge >= 0.3 is 11.9 Å². The number of hydrogen-bond donors (Lipinski definition) is 2. The van der Waals surface area contributed by atoms with Crippen LogP contribution in [0.15, 0.2) is 60.7 Å². The summed E-state index contributed by atoms with van der Waals surface area (Å²) in [5, 5.41) is 17.2. The molecule has 0 amide bonds. The number of hydrogen-bond acceptors (Lipinski definition) is 4. The predicted molar refractivity (Wildman–Crippen MR) is 115 cm³/mol. The average Bonchev–Trinajstić information content (AvgIpc) is 2.69. The number of rotatable bonds is 5. The summed E-state index contributed by atoms with van der Waals surface area (Å²) in [5.41, 5.74) is 0.729. The smallest absolute Gasteiger partial charge is 0.306 e. The molecule has 0 bridgehead atoms. The lowest BCUT2D eigenvalue weighted by atomic mass is 9.98. The number of esters is 1. The molecule has 0 saturated carbocycles. The van der Waals surface area contributed by atoms with E-state index in [1.807, 2.05) is 74.5 Å². The van der Waals surface area contributed by atoms with Gasteiger partial charge in [0.15, 0.2) is 0 Å². The highest BCUT2D eigenvalue weighted by molar-refractivity contribution is 5.69. The third-order valence-corrected chi connectivity index (χ3v) is 3.91. The largest absolute Gasteiger partial charge is 0.481 e. The van der Waals surface area contributed by atoms with E-state index in [2.05, 4.69) is 0 Å². The van der Waals surface area contributed by atoms with Crippen LogP contribution in [-0.4, -0.2) is 22.2 Å². The van der Waals surface area contributed by atoms with Crippen molar-refractivity contribution in [2.45, 2.75) is 65.6 Å². The summed E-state index contributed by atoms with van der Waals surface area (Å²) in [6.45, 7) is 10.8. The molecule has 5 nitrogen and oxygen atoms in total. The van der Waals surface area contributed by atoms with Crippen molar-refractivity contribution in [1.82, 2.24) is 0 Å². The molecule has 0 aliphatic carbocycles. The normalized spacial score (nSPS) is 10.6. The molecule has 0 aromatic heterocycles. The molecule has 0 unspecified atom stereocenters. The first-order chi connectivity index (χ1) is 13.4. The molecule has 2 rings (SSSR count). The van der Waals surface area contributed by atoms with Gasteiger partial charge in [-0.2, -0.15) is 0 Å². The fourth-order valence-corrected chi connectivity index (χ4v) is 2.10. The highest BCUT2D eigenvalue weighted by atomic mass is 16.6. The van der Waals surface area contributed by atoms with E-state index < -0.39 is 17.2 Å². The zero-order valence-electron chi connectivity index (χ0n) is 18.3. The number of carbonyl (C=O) groups excluding carboxylic acids is 1. The maximum Gasteiger partial charge on any atom is 0.306 e. The van der Waals surface area contributed by atoms with Gasteiger partial charge in [0.1, 0.15) is 5.60 Å². The summed E-state index contributed by atoms with van der Waals surface area (Å²) in [6.07, 6.45) is 0.635. The summed E-state index contributed by atoms with van der Waals surface area (Å²) in [6, 6.07) is 19.4. The van der Waals surface area contributed by atoms with Crippen LogP contribution in [0.25, 0.3) is 0 Å². The van der Waals surface area contributed by atoms with Crippen LogP contribution >= 0.6 is 0 Å². The van der Waals surface area contributed by atoms with Gasteiger partial charge in [-0.15, -0.1) is 0 Å². The van der Waals surface area contributed by atoms with E-state index >= 15 is 0 Å². The molecule has 160 valence electrons. The molecule has 0 aliphatic rings. The second-order valence-corrected chi connectivity index (χ2v) is 7.38. The van der Waals surface area contributed by atoms with Crippen LogP contribution in [0.5, 0.6) is 0 Å². The maximum absolute atomic E-state index is 11.2. The minimum atomic E-state index is -0.745. The number of benzene rings is 2. The maximum atomic E-state index is 11.2. The van der Waals surface area contributed by atoms with E-state index in [0.29, 0.717) is 6.42 Å². The van der Waals surface area contributed by atoms with Crippen molar-refractivity contribution in [3.8, 4) is 0 Å². The van der Waals surface area contributed by atoms with Crippen LogP contribution in [-0.2, 0) is 25.5 Å². The number of carboxylic acids is 1. The molecule has 0 aliphatic heterocycles. The molecule has 0 heterocycles. The fraction of sp³-hybridized carbons (Fsp3) is 0.417. The lowest BCUT2D eigenvalue weighted by Gasteiger charge is -2.25. The zero-order chi connectivity index (χ0) is 22.5. The third kappa shape index (κ3) is 11.7. The lowest BCUT2D eigenvalue weighted by molar-refractivity contribution is -0.157. The van der Waals surface area contributed by atoms with Crippen molar-refractivity contribution >= 4 is 11.9 Å². The van der Waals surface area contributed by atoms with Gasteiger partial charge in [-0.25, -0.2) is 0 Å². The van der Waals surface area contributed by atoms with Gasteiger partial charge < -0.3 is 14.9 Å². The molecule has 0 saturated heterocycles. The molecule has 0 radical (unpaired) electrons. The Morgan fingerprint density at radius 1 is 0.793 bits per heavy atom. The highest BCUT2D eigenvalue weighted by Gasteiger charge is 2.23. The van der Waals surface area contributed by atoms with E-state index in [0.717, 1.165) is 11.1 Å². The van der Waals surface area contributed by atoms with E-state index in [-0.39, 0.29) is 12.4 Å². The van der Waals surface area contributed by atoms with Crippen LogP contribution < -0.4 is 0 Å². The van der Waals surface area contributed by atoms with Crippen molar-refractivity contribution in [1.29, 1.82) is 0 Å². The SMILES string of the molecule is CC(C)(O)c1ccccc1.CCC(=O)O.CCC(=O)OC(C)(C)c1ccccc1.